The van der Waals surface area contributed by atoms with Crippen molar-refractivity contribution in [2.75, 3.05) is 0 Å². The lowest BCUT2D eigenvalue weighted by Gasteiger charge is -2.38. The first-order chi connectivity index (χ1) is 5.71. The summed E-state index contributed by atoms with van der Waals surface area (Å²) in [6.45, 7) is 2.12. The second kappa shape index (κ2) is 3.69. The summed E-state index contributed by atoms with van der Waals surface area (Å²) in [5.74, 6) is 0. The Labute approximate surface area is 85.7 Å². The number of halogens is 1. The summed E-state index contributed by atoms with van der Waals surface area (Å²) in [5.41, 5.74) is 8.82. The van der Waals surface area contributed by atoms with Gasteiger partial charge in [0.25, 0.3) is 0 Å². The van der Waals surface area contributed by atoms with E-state index in [4.69, 9.17) is 5.73 Å². The first-order valence-corrected chi connectivity index (χ1v) is 4.57. The maximum Gasteiger partial charge on any atom is 0.0409 e. The average molecular weight is 198 g/mol. The molecule has 0 atom stereocenters. The van der Waals surface area contributed by atoms with Gasteiger partial charge in [-0.15, -0.1) is 12.4 Å². The van der Waals surface area contributed by atoms with Crippen LogP contribution in [-0.4, -0.2) is 0 Å². The molecule has 2 rings (SSSR count). The molecule has 72 valence electrons. The molecule has 0 amide bonds. The van der Waals surface area contributed by atoms with Crippen LogP contribution in [0.3, 0.4) is 0 Å². The molecule has 0 aromatic heterocycles. The Hall–Kier alpha value is -0.530. The normalized spacial score (nSPS) is 18.6. The van der Waals surface area contributed by atoms with Gasteiger partial charge in [0.1, 0.15) is 0 Å². The largest absolute Gasteiger partial charge is 0.321 e. The predicted molar refractivity (Wildman–Crippen MR) is 58.1 cm³/mol. The SMILES string of the molecule is Cc1cccc(C2(N)CCC2)c1.Cl. The van der Waals surface area contributed by atoms with Gasteiger partial charge in [0.05, 0.1) is 0 Å². The third-order valence-corrected chi connectivity index (χ3v) is 2.84. The summed E-state index contributed by atoms with van der Waals surface area (Å²) < 4.78 is 0. The molecule has 0 heterocycles. The number of nitrogens with two attached hydrogens (primary N) is 1. The van der Waals surface area contributed by atoms with Crippen molar-refractivity contribution in [1.29, 1.82) is 0 Å². The minimum absolute atomic E-state index is 0. The number of aryl methyl sites for hydroxylation is 1. The molecular weight excluding hydrogens is 182 g/mol. The van der Waals surface area contributed by atoms with E-state index in [0.717, 1.165) is 12.8 Å². The van der Waals surface area contributed by atoms with Crippen molar-refractivity contribution in [3.8, 4) is 0 Å². The van der Waals surface area contributed by atoms with E-state index in [2.05, 4.69) is 31.2 Å². The molecule has 1 fully saturated rings. The molecule has 0 bridgehead atoms. The molecule has 1 aromatic carbocycles. The fourth-order valence-corrected chi connectivity index (χ4v) is 1.80. The molecular formula is C11H16ClN. The van der Waals surface area contributed by atoms with Gasteiger partial charge in [-0.2, -0.15) is 0 Å². The van der Waals surface area contributed by atoms with Crippen LogP contribution in [0.15, 0.2) is 24.3 Å². The second-order valence-corrected chi connectivity index (χ2v) is 3.88. The molecule has 0 radical (unpaired) electrons. The Morgan fingerprint density at radius 3 is 2.46 bits per heavy atom. The van der Waals surface area contributed by atoms with Crippen molar-refractivity contribution < 1.29 is 0 Å². The molecule has 0 saturated heterocycles. The Kier molecular flexibility index (Phi) is 2.99. The van der Waals surface area contributed by atoms with Crippen LogP contribution in [0.25, 0.3) is 0 Å². The van der Waals surface area contributed by atoms with Crippen molar-refractivity contribution in [3.63, 3.8) is 0 Å². The van der Waals surface area contributed by atoms with Gasteiger partial charge >= 0.3 is 0 Å². The highest BCUT2D eigenvalue weighted by atomic mass is 35.5. The molecule has 1 saturated carbocycles. The van der Waals surface area contributed by atoms with E-state index in [9.17, 15) is 0 Å². The van der Waals surface area contributed by atoms with Crippen LogP contribution in [0.5, 0.6) is 0 Å². The van der Waals surface area contributed by atoms with Gasteiger partial charge in [-0.05, 0) is 31.7 Å². The number of hydrogen-bond donors (Lipinski definition) is 1. The standard InChI is InChI=1S/C11H15N.ClH/c1-9-4-2-5-10(8-9)11(12)6-3-7-11;/h2,4-5,8H,3,6-7,12H2,1H3;1H. The molecule has 1 aliphatic rings. The van der Waals surface area contributed by atoms with Gasteiger partial charge in [0.15, 0.2) is 0 Å². The Balaban J connectivity index is 0.000000845. The van der Waals surface area contributed by atoms with E-state index in [1.54, 1.807) is 0 Å². The molecule has 1 aromatic rings. The van der Waals surface area contributed by atoms with Crippen LogP contribution >= 0.6 is 12.4 Å². The van der Waals surface area contributed by atoms with E-state index >= 15 is 0 Å². The Morgan fingerprint density at radius 1 is 1.31 bits per heavy atom. The van der Waals surface area contributed by atoms with Crippen LogP contribution < -0.4 is 5.73 Å². The zero-order chi connectivity index (χ0) is 8.60. The third-order valence-electron chi connectivity index (χ3n) is 2.84. The Morgan fingerprint density at radius 2 is 2.00 bits per heavy atom. The highest BCUT2D eigenvalue weighted by Gasteiger charge is 2.33. The van der Waals surface area contributed by atoms with E-state index in [-0.39, 0.29) is 17.9 Å². The van der Waals surface area contributed by atoms with Crippen LogP contribution in [0, 0.1) is 6.92 Å². The van der Waals surface area contributed by atoms with E-state index in [1.807, 2.05) is 0 Å². The first kappa shape index (κ1) is 10.6. The molecule has 0 aliphatic heterocycles. The van der Waals surface area contributed by atoms with Crippen molar-refractivity contribution >= 4 is 12.4 Å². The highest BCUT2D eigenvalue weighted by molar-refractivity contribution is 5.85. The summed E-state index contributed by atoms with van der Waals surface area (Å²) in [7, 11) is 0. The summed E-state index contributed by atoms with van der Waals surface area (Å²) in [4.78, 5) is 0. The smallest absolute Gasteiger partial charge is 0.0409 e. The average Bonchev–Trinajstić information content (AvgIpc) is 2.00. The lowest BCUT2D eigenvalue weighted by molar-refractivity contribution is 0.253. The predicted octanol–water partition coefficient (Wildman–Crippen LogP) is 2.75. The Bertz CT molecular complexity index is 292. The van der Waals surface area contributed by atoms with Gasteiger partial charge in [-0.25, -0.2) is 0 Å². The molecule has 2 heteroatoms. The van der Waals surface area contributed by atoms with Crippen molar-refractivity contribution in [2.45, 2.75) is 31.7 Å². The number of rotatable bonds is 1. The molecule has 0 spiro atoms. The van der Waals surface area contributed by atoms with Crippen LogP contribution in [0.4, 0.5) is 0 Å². The second-order valence-electron chi connectivity index (χ2n) is 3.88. The third kappa shape index (κ3) is 1.87. The monoisotopic (exact) mass is 197 g/mol. The van der Waals surface area contributed by atoms with Crippen molar-refractivity contribution in [3.05, 3.63) is 35.4 Å². The van der Waals surface area contributed by atoms with Crippen LogP contribution in [-0.2, 0) is 5.54 Å². The summed E-state index contributed by atoms with van der Waals surface area (Å²) in [6, 6.07) is 8.56. The molecule has 13 heavy (non-hydrogen) atoms. The first-order valence-electron chi connectivity index (χ1n) is 4.57. The van der Waals surface area contributed by atoms with Gasteiger partial charge in [-0.1, -0.05) is 29.8 Å². The zero-order valence-corrected chi connectivity index (χ0v) is 8.73. The van der Waals surface area contributed by atoms with Crippen LogP contribution in [0.1, 0.15) is 30.4 Å². The van der Waals surface area contributed by atoms with Gasteiger partial charge in [-0.3, -0.25) is 0 Å². The molecule has 1 aliphatic carbocycles. The maximum atomic E-state index is 6.19. The molecule has 2 N–H and O–H groups in total. The summed E-state index contributed by atoms with van der Waals surface area (Å²) in [5, 5.41) is 0. The molecule has 0 unspecified atom stereocenters. The fourth-order valence-electron chi connectivity index (χ4n) is 1.80. The van der Waals surface area contributed by atoms with E-state index in [0.29, 0.717) is 0 Å². The zero-order valence-electron chi connectivity index (χ0n) is 7.92. The van der Waals surface area contributed by atoms with Gasteiger partial charge < -0.3 is 5.73 Å². The van der Waals surface area contributed by atoms with E-state index < -0.39 is 0 Å². The minimum atomic E-state index is 0. The highest BCUT2D eigenvalue weighted by Crippen LogP contribution is 2.38. The number of benzene rings is 1. The lowest BCUT2D eigenvalue weighted by atomic mass is 9.72. The minimum Gasteiger partial charge on any atom is -0.321 e. The van der Waals surface area contributed by atoms with Crippen molar-refractivity contribution in [2.24, 2.45) is 5.73 Å². The van der Waals surface area contributed by atoms with E-state index in [1.165, 1.54) is 17.5 Å². The summed E-state index contributed by atoms with van der Waals surface area (Å²) in [6.07, 6.45) is 3.58. The maximum absolute atomic E-state index is 6.19. The van der Waals surface area contributed by atoms with Gasteiger partial charge in [0, 0.05) is 5.54 Å². The van der Waals surface area contributed by atoms with Crippen LogP contribution in [0.2, 0.25) is 0 Å². The fraction of sp³-hybridized carbons (Fsp3) is 0.455. The quantitative estimate of drug-likeness (QED) is 0.736. The topological polar surface area (TPSA) is 26.0 Å². The summed E-state index contributed by atoms with van der Waals surface area (Å²) >= 11 is 0. The van der Waals surface area contributed by atoms with Crippen molar-refractivity contribution in [1.82, 2.24) is 0 Å². The lowest BCUT2D eigenvalue weighted by Crippen LogP contribution is -2.43. The van der Waals surface area contributed by atoms with Gasteiger partial charge in [0.2, 0.25) is 0 Å². The number of hydrogen-bond acceptors (Lipinski definition) is 1. The molecule has 1 nitrogen and oxygen atoms in total.